The number of hydrogen-bond acceptors (Lipinski definition) is 1. The number of aryl methyl sites for hydroxylation is 1. The van der Waals surface area contributed by atoms with Crippen LogP contribution in [-0.4, -0.2) is 12.7 Å². The van der Waals surface area contributed by atoms with Crippen molar-refractivity contribution in [3.05, 3.63) is 41.0 Å². The first-order valence-electron chi connectivity index (χ1n) is 7.38. The summed E-state index contributed by atoms with van der Waals surface area (Å²) in [5.41, 5.74) is 6.21. The van der Waals surface area contributed by atoms with Crippen LogP contribution in [0.15, 0.2) is 29.8 Å². The zero-order valence-corrected chi connectivity index (χ0v) is 12.5. The topological polar surface area (TPSA) is 9.23 Å². The van der Waals surface area contributed by atoms with Crippen LogP contribution in [0.2, 0.25) is 0 Å². The third-order valence-electron chi connectivity index (χ3n) is 4.56. The van der Waals surface area contributed by atoms with Crippen molar-refractivity contribution in [2.75, 3.05) is 6.61 Å². The lowest BCUT2D eigenvalue weighted by molar-refractivity contribution is -0.0414. The minimum Gasteiger partial charge on any atom is -0.373 e. The maximum atomic E-state index is 6.18. The molecule has 19 heavy (non-hydrogen) atoms. The molecule has 0 radical (unpaired) electrons. The van der Waals surface area contributed by atoms with Crippen molar-refractivity contribution in [2.24, 2.45) is 11.3 Å². The highest BCUT2D eigenvalue weighted by Gasteiger charge is 2.40. The first-order chi connectivity index (χ1) is 8.98. The highest BCUT2D eigenvalue weighted by Crippen LogP contribution is 2.46. The van der Waals surface area contributed by atoms with Crippen molar-refractivity contribution in [1.29, 1.82) is 0 Å². The second kappa shape index (κ2) is 4.49. The summed E-state index contributed by atoms with van der Waals surface area (Å²) in [6, 6.07) is 8.91. The van der Waals surface area contributed by atoms with E-state index in [0.29, 0.717) is 12.0 Å². The van der Waals surface area contributed by atoms with Gasteiger partial charge in [-0.25, -0.2) is 0 Å². The number of fused-ring (bicyclic) bond motifs is 3. The molecule has 0 fully saturated rings. The van der Waals surface area contributed by atoms with Gasteiger partial charge in [-0.15, -0.1) is 0 Å². The molecule has 2 atom stereocenters. The lowest BCUT2D eigenvalue weighted by atomic mass is 9.68. The maximum absolute atomic E-state index is 6.18. The summed E-state index contributed by atoms with van der Waals surface area (Å²) in [7, 11) is 0. The summed E-state index contributed by atoms with van der Waals surface area (Å²) in [5, 5.41) is 0. The van der Waals surface area contributed by atoms with Crippen LogP contribution in [0.5, 0.6) is 0 Å². The Kier molecular flexibility index (Phi) is 3.05. The minimum absolute atomic E-state index is 0.211. The van der Waals surface area contributed by atoms with Gasteiger partial charge in [0.1, 0.15) is 0 Å². The smallest absolute Gasteiger partial charge is 0.0696 e. The molecular weight excluding hydrogens is 232 g/mol. The van der Waals surface area contributed by atoms with Gasteiger partial charge in [-0.05, 0) is 47.5 Å². The Hall–Kier alpha value is -1.08. The molecule has 2 aliphatic rings. The molecular formula is C18H24O. The SMILES string of the molecule is CC1=C2c3ccccc3CC[C@H]2[C@H](C(C)(C)C)OC1. The Morgan fingerprint density at radius 3 is 2.63 bits per heavy atom. The summed E-state index contributed by atoms with van der Waals surface area (Å²) < 4.78 is 6.18. The summed E-state index contributed by atoms with van der Waals surface area (Å²) in [4.78, 5) is 0. The van der Waals surface area contributed by atoms with Crippen LogP contribution in [0.25, 0.3) is 5.57 Å². The molecule has 0 saturated carbocycles. The highest BCUT2D eigenvalue weighted by atomic mass is 16.5. The van der Waals surface area contributed by atoms with Crippen LogP contribution in [0.4, 0.5) is 0 Å². The largest absolute Gasteiger partial charge is 0.373 e. The zero-order chi connectivity index (χ0) is 13.6. The average molecular weight is 256 g/mol. The summed E-state index contributed by atoms with van der Waals surface area (Å²) in [6.07, 6.45) is 2.76. The molecule has 1 aromatic carbocycles. The zero-order valence-electron chi connectivity index (χ0n) is 12.5. The number of rotatable bonds is 0. The molecule has 0 saturated heterocycles. The second-order valence-corrected chi connectivity index (χ2v) is 7.09. The van der Waals surface area contributed by atoms with Crippen molar-refractivity contribution >= 4 is 5.57 Å². The van der Waals surface area contributed by atoms with Crippen LogP contribution < -0.4 is 0 Å². The molecule has 1 heterocycles. The fourth-order valence-electron chi connectivity index (χ4n) is 3.77. The lowest BCUT2D eigenvalue weighted by Gasteiger charge is -2.44. The van der Waals surface area contributed by atoms with Gasteiger partial charge in [0, 0.05) is 5.92 Å². The van der Waals surface area contributed by atoms with E-state index >= 15 is 0 Å². The summed E-state index contributed by atoms with van der Waals surface area (Å²) in [6.45, 7) is 9.94. The molecule has 0 spiro atoms. The van der Waals surface area contributed by atoms with Gasteiger partial charge in [-0.2, -0.15) is 0 Å². The molecule has 1 aliphatic carbocycles. The van der Waals surface area contributed by atoms with E-state index in [-0.39, 0.29) is 5.41 Å². The van der Waals surface area contributed by atoms with Gasteiger partial charge in [0.05, 0.1) is 12.7 Å². The van der Waals surface area contributed by atoms with Crippen LogP contribution >= 0.6 is 0 Å². The van der Waals surface area contributed by atoms with Crippen molar-refractivity contribution < 1.29 is 4.74 Å². The summed E-state index contributed by atoms with van der Waals surface area (Å²) in [5.74, 6) is 0.573. The van der Waals surface area contributed by atoms with Gasteiger partial charge in [0.25, 0.3) is 0 Å². The Morgan fingerprint density at radius 1 is 1.16 bits per heavy atom. The lowest BCUT2D eigenvalue weighted by Crippen LogP contribution is -2.42. The molecule has 102 valence electrons. The molecule has 1 aliphatic heterocycles. The maximum Gasteiger partial charge on any atom is 0.0696 e. The van der Waals surface area contributed by atoms with Gasteiger partial charge < -0.3 is 4.74 Å². The van der Waals surface area contributed by atoms with Gasteiger partial charge >= 0.3 is 0 Å². The molecule has 3 rings (SSSR count). The van der Waals surface area contributed by atoms with E-state index in [2.05, 4.69) is 52.0 Å². The third kappa shape index (κ3) is 2.14. The Labute approximate surface area is 116 Å². The molecule has 0 amide bonds. The monoisotopic (exact) mass is 256 g/mol. The standard InChI is InChI=1S/C18H24O/c1-12-11-19-17(18(2,3)4)15-10-9-13-7-5-6-8-14(13)16(12)15/h5-8,15,17H,9-11H2,1-4H3/t15-,17-/m1/s1. The summed E-state index contributed by atoms with van der Waals surface area (Å²) >= 11 is 0. The van der Waals surface area contributed by atoms with E-state index in [9.17, 15) is 0 Å². The second-order valence-electron chi connectivity index (χ2n) is 7.09. The molecule has 0 N–H and O–H groups in total. The van der Waals surface area contributed by atoms with E-state index in [4.69, 9.17) is 4.74 Å². The Balaban J connectivity index is 2.09. The van der Waals surface area contributed by atoms with E-state index in [1.807, 2.05) is 0 Å². The average Bonchev–Trinajstić information content (AvgIpc) is 2.37. The van der Waals surface area contributed by atoms with Gasteiger partial charge in [0.15, 0.2) is 0 Å². The fraction of sp³-hybridized carbons (Fsp3) is 0.556. The number of ether oxygens (including phenoxy) is 1. The molecule has 0 bridgehead atoms. The van der Waals surface area contributed by atoms with Crippen LogP contribution in [0.3, 0.4) is 0 Å². The first-order valence-corrected chi connectivity index (χ1v) is 7.38. The molecule has 0 aromatic heterocycles. The third-order valence-corrected chi connectivity index (χ3v) is 4.56. The normalized spacial score (nSPS) is 26.9. The number of benzene rings is 1. The number of hydrogen-bond donors (Lipinski definition) is 0. The first kappa shape index (κ1) is 12.9. The van der Waals surface area contributed by atoms with Crippen LogP contribution in [0.1, 0.15) is 45.2 Å². The predicted octanol–water partition coefficient (Wildman–Crippen LogP) is 4.47. The fourth-order valence-corrected chi connectivity index (χ4v) is 3.77. The van der Waals surface area contributed by atoms with E-state index in [0.717, 1.165) is 6.61 Å². The van der Waals surface area contributed by atoms with Crippen LogP contribution in [0, 0.1) is 11.3 Å². The van der Waals surface area contributed by atoms with Gasteiger partial charge in [-0.3, -0.25) is 0 Å². The van der Waals surface area contributed by atoms with Crippen molar-refractivity contribution in [3.8, 4) is 0 Å². The van der Waals surface area contributed by atoms with Gasteiger partial charge in [0.2, 0.25) is 0 Å². The minimum atomic E-state index is 0.211. The molecule has 1 nitrogen and oxygen atoms in total. The van der Waals surface area contributed by atoms with Crippen molar-refractivity contribution in [1.82, 2.24) is 0 Å². The predicted molar refractivity (Wildman–Crippen MR) is 80.0 cm³/mol. The Morgan fingerprint density at radius 2 is 1.89 bits per heavy atom. The Bertz CT molecular complexity index is 519. The van der Waals surface area contributed by atoms with E-state index in [1.165, 1.54) is 29.5 Å². The van der Waals surface area contributed by atoms with Crippen LogP contribution in [-0.2, 0) is 11.2 Å². The van der Waals surface area contributed by atoms with Gasteiger partial charge in [-0.1, -0.05) is 45.0 Å². The van der Waals surface area contributed by atoms with Crippen molar-refractivity contribution in [3.63, 3.8) is 0 Å². The molecule has 1 aromatic rings. The van der Waals surface area contributed by atoms with E-state index in [1.54, 1.807) is 5.57 Å². The molecule has 0 unspecified atom stereocenters. The quantitative estimate of drug-likeness (QED) is 0.665. The van der Waals surface area contributed by atoms with Crippen molar-refractivity contribution in [2.45, 2.75) is 46.6 Å². The highest BCUT2D eigenvalue weighted by molar-refractivity contribution is 5.75. The molecule has 1 heteroatoms. The van der Waals surface area contributed by atoms with E-state index < -0.39 is 0 Å².